The Labute approximate surface area is 112 Å². The molecule has 1 aromatic heterocycles. The molecule has 0 aliphatic heterocycles. The van der Waals surface area contributed by atoms with Crippen LogP contribution in [-0.4, -0.2) is 21.0 Å². The lowest BCUT2D eigenvalue weighted by molar-refractivity contribution is 0.0692. The molecule has 7 heteroatoms. The third-order valence-electron chi connectivity index (χ3n) is 2.55. The molecule has 20 heavy (non-hydrogen) atoms. The minimum Gasteiger partial charge on any atom is -0.478 e. The van der Waals surface area contributed by atoms with E-state index in [0.717, 1.165) is 18.5 Å². The molecular weight excluding hydrogens is 270 g/mol. The predicted octanol–water partition coefficient (Wildman–Crippen LogP) is 2.81. The highest BCUT2D eigenvalue weighted by atomic mass is 19.1. The zero-order valence-electron chi connectivity index (χ0n) is 10.4. The normalized spacial score (nSPS) is 10.3. The lowest BCUT2D eigenvalue weighted by Gasteiger charge is -2.08. The summed E-state index contributed by atoms with van der Waals surface area (Å²) in [4.78, 5) is 18.0. The van der Waals surface area contributed by atoms with Crippen LogP contribution in [0.25, 0.3) is 0 Å². The fraction of sp³-hybridized carbons (Fsp3) is 0.154. The number of hydrogen-bond acceptors (Lipinski definition) is 4. The number of benzene rings is 1. The average molecular weight is 280 g/mol. The first-order chi connectivity index (χ1) is 9.52. The summed E-state index contributed by atoms with van der Waals surface area (Å²) in [7, 11) is 0. The van der Waals surface area contributed by atoms with Gasteiger partial charge in [-0.05, 0) is 18.6 Å². The summed E-state index contributed by atoms with van der Waals surface area (Å²) in [5.41, 5.74) is -0.313. The van der Waals surface area contributed by atoms with Crippen molar-refractivity contribution >= 4 is 5.97 Å². The Kier molecular flexibility index (Phi) is 3.88. The maximum Gasteiger partial charge on any atom is 0.338 e. The van der Waals surface area contributed by atoms with E-state index in [1.807, 2.05) is 0 Å². The second kappa shape index (κ2) is 5.60. The maximum atomic E-state index is 13.8. The Bertz CT molecular complexity index is 662. The van der Waals surface area contributed by atoms with Crippen LogP contribution >= 0.6 is 0 Å². The molecule has 0 fully saturated rings. The Morgan fingerprint density at radius 3 is 2.70 bits per heavy atom. The number of carbonyl (C=O) groups is 1. The van der Waals surface area contributed by atoms with Crippen molar-refractivity contribution < 1.29 is 23.4 Å². The maximum absolute atomic E-state index is 13.8. The summed E-state index contributed by atoms with van der Waals surface area (Å²) in [6.45, 7) is 1.72. The van der Waals surface area contributed by atoms with Gasteiger partial charge in [0, 0.05) is 6.07 Å². The zero-order chi connectivity index (χ0) is 14.7. The van der Waals surface area contributed by atoms with Crippen molar-refractivity contribution in [3.63, 3.8) is 0 Å². The van der Waals surface area contributed by atoms with E-state index in [1.54, 1.807) is 6.92 Å². The Morgan fingerprint density at radius 2 is 2.10 bits per heavy atom. The largest absolute Gasteiger partial charge is 0.478 e. The zero-order valence-corrected chi connectivity index (χ0v) is 10.4. The first-order valence-electron chi connectivity index (χ1n) is 5.73. The molecular formula is C13H10F2N2O3. The molecule has 0 aliphatic carbocycles. The average Bonchev–Trinajstić information content (AvgIpc) is 2.41. The van der Waals surface area contributed by atoms with Gasteiger partial charge in [0.25, 0.3) is 5.88 Å². The minimum atomic E-state index is -1.39. The summed E-state index contributed by atoms with van der Waals surface area (Å²) < 4.78 is 32.4. The van der Waals surface area contributed by atoms with Crippen molar-refractivity contribution in [1.82, 2.24) is 9.97 Å². The fourth-order valence-corrected chi connectivity index (χ4v) is 1.55. The molecule has 1 heterocycles. The fourth-order valence-electron chi connectivity index (χ4n) is 1.55. The number of halogens is 2. The van der Waals surface area contributed by atoms with Gasteiger partial charge in [-0.1, -0.05) is 6.92 Å². The molecule has 2 rings (SSSR count). The van der Waals surface area contributed by atoms with E-state index in [0.29, 0.717) is 6.42 Å². The standard InChI is InChI=1S/C13H10F2N2O3/c1-2-10-11(15)12(17-6-16-10)20-7-3-4-8(13(18)19)9(14)5-7/h3-6H,2H2,1H3,(H,18,19). The quantitative estimate of drug-likeness (QED) is 0.932. The van der Waals surface area contributed by atoms with E-state index >= 15 is 0 Å². The second-order valence-electron chi connectivity index (χ2n) is 3.84. The van der Waals surface area contributed by atoms with Crippen molar-refractivity contribution in [3.05, 3.63) is 47.4 Å². The molecule has 0 saturated carbocycles. The molecule has 2 aromatic rings. The topological polar surface area (TPSA) is 72.3 Å². The van der Waals surface area contributed by atoms with E-state index in [-0.39, 0.29) is 17.3 Å². The Morgan fingerprint density at radius 1 is 1.35 bits per heavy atom. The summed E-state index contributed by atoms with van der Waals surface area (Å²) in [5, 5.41) is 8.70. The van der Waals surface area contributed by atoms with Gasteiger partial charge in [0.05, 0.1) is 11.3 Å². The van der Waals surface area contributed by atoms with Crippen LogP contribution in [0.2, 0.25) is 0 Å². The number of aryl methyl sites for hydroxylation is 1. The second-order valence-corrected chi connectivity index (χ2v) is 3.84. The van der Waals surface area contributed by atoms with Crippen LogP contribution in [0.5, 0.6) is 11.6 Å². The molecule has 0 bridgehead atoms. The van der Waals surface area contributed by atoms with Gasteiger partial charge in [0.1, 0.15) is 17.9 Å². The SMILES string of the molecule is CCc1ncnc(Oc2ccc(C(=O)O)c(F)c2)c1F. The van der Waals surface area contributed by atoms with Crippen LogP contribution in [0.4, 0.5) is 8.78 Å². The number of hydrogen-bond donors (Lipinski definition) is 1. The van der Waals surface area contributed by atoms with Gasteiger partial charge in [0.15, 0.2) is 0 Å². The lowest BCUT2D eigenvalue weighted by atomic mass is 10.2. The smallest absolute Gasteiger partial charge is 0.338 e. The third kappa shape index (κ3) is 2.71. The van der Waals surface area contributed by atoms with Crippen LogP contribution in [0.3, 0.4) is 0 Å². The number of aromatic carboxylic acids is 1. The number of aromatic nitrogens is 2. The van der Waals surface area contributed by atoms with Gasteiger partial charge in [-0.25, -0.2) is 14.2 Å². The van der Waals surface area contributed by atoms with E-state index in [1.165, 1.54) is 6.07 Å². The van der Waals surface area contributed by atoms with Crippen molar-refractivity contribution in [2.45, 2.75) is 13.3 Å². The molecule has 0 radical (unpaired) electrons. The highest BCUT2D eigenvalue weighted by molar-refractivity contribution is 5.88. The van der Waals surface area contributed by atoms with E-state index in [4.69, 9.17) is 9.84 Å². The lowest BCUT2D eigenvalue weighted by Crippen LogP contribution is -2.02. The Hall–Kier alpha value is -2.57. The minimum absolute atomic E-state index is 0.0489. The van der Waals surface area contributed by atoms with Crippen molar-refractivity contribution in [2.24, 2.45) is 0 Å². The van der Waals surface area contributed by atoms with E-state index < -0.39 is 23.2 Å². The van der Waals surface area contributed by atoms with Gasteiger partial charge in [-0.15, -0.1) is 0 Å². The molecule has 0 amide bonds. The van der Waals surface area contributed by atoms with Gasteiger partial charge < -0.3 is 9.84 Å². The molecule has 1 N–H and O–H groups in total. The molecule has 5 nitrogen and oxygen atoms in total. The molecule has 0 saturated heterocycles. The number of ether oxygens (including phenoxy) is 1. The highest BCUT2D eigenvalue weighted by Gasteiger charge is 2.14. The molecule has 0 atom stereocenters. The van der Waals surface area contributed by atoms with Crippen LogP contribution in [0, 0.1) is 11.6 Å². The first-order valence-corrected chi connectivity index (χ1v) is 5.73. The third-order valence-corrected chi connectivity index (χ3v) is 2.55. The molecule has 0 spiro atoms. The number of carboxylic acids is 1. The molecule has 104 valence electrons. The first kappa shape index (κ1) is 13.9. The van der Waals surface area contributed by atoms with Gasteiger partial charge in [-0.2, -0.15) is 9.37 Å². The summed E-state index contributed by atoms with van der Waals surface area (Å²) >= 11 is 0. The molecule has 1 aromatic carbocycles. The van der Waals surface area contributed by atoms with Gasteiger partial charge in [-0.3, -0.25) is 0 Å². The van der Waals surface area contributed by atoms with Gasteiger partial charge >= 0.3 is 5.97 Å². The van der Waals surface area contributed by atoms with Crippen molar-refractivity contribution in [1.29, 1.82) is 0 Å². The predicted molar refractivity (Wildman–Crippen MR) is 64.8 cm³/mol. The number of nitrogens with zero attached hydrogens (tertiary/aromatic N) is 2. The van der Waals surface area contributed by atoms with Crippen LogP contribution in [-0.2, 0) is 6.42 Å². The van der Waals surface area contributed by atoms with E-state index in [9.17, 15) is 13.6 Å². The summed E-state index contributed by atoms with van der Waals surface area (Å²) in [5.74, 6) is -3.47. The summed E-state index contributed by atoms with van der Waals surface area (Å²) in [6, 6.07) is 3.11. The number of carboxylic acid groups (broad SMARTS) is 1. The van der Waals surface area contributed by atoms with Crippen LogP contribution < -0.4 is 4.74 Å². The monoisotopic (exact) mass is 280 g/mol. The Balaban J connectivity index is 2.31. The number of rotatable bonds is 4. The van der Waals surface area contributed by atoms with Crippen molar-refractivity contribution in [2.75, 3.05) is 0 Å². The molecule has 0 aliphatic rings. The van der Waals surface area contributed by atoms with E-state index in [2.05, 4.69) is 9.97 Å². The molecule has 0 unspecified atom stereocenters. The highest BCUT2D eigenvalue weighted by Crippen LogP contribution is 2.25. The van der Waals surface area contributed by atoms with Crippen LogP contribution in [0.1, 0.15) is 23.0 Å². The van der Waals surface area contributed by atoms with Crippen LogP contribution in [0.15, 0.2) is 24.5 Å². The van der Waals surface area contributed by atoms with Gasteiger partial charge in [0.2, 0.25) is 5.82 Å². The van der Waals surface area contributed by atoms with Crippen molar-refractivity contribution in [3.8, 4) is 11.6 Å². The summed E-state index contributed by atoms with van der Waals surface area (Å²) in [6.07, 6.45) is 1.50.